The second-order valence-electron chi connectivity index (χ2n) is 4.26. The molecule has 98 valence electrons. The fraction of sp³-hybridized carbons (Fsp3) is 0.818. The van der Waals surface area contributed by atoms with Gasteiger partial charge < -0.3 is 15.3 Å². The van der Waals surface area contributed by atoms with Crippen molar-refractivity contribution in [2.24, 2.45) is 5.92 Å². The minimum atomic E-state index is -0.855. The normalized spacial score (nSPS) is 20.9. The number of nitrogens with zero attached hydrogens (tertiary/aromatic N) is 1. The Hall–Kier alpha value is -0.910. The van der Waals surface area contributed by atoms with Gasteiger partial charge in [0.25, 0.3) is 0 Å². The lowest BCUT2D eigenvalue weighted by Crippen LogP contribution is -2.45. The van der Waals surface area contributed by atoms with Crippen LogP contribution in [0.25, 0.3) is 0 Å². The number of aliphatic carboxylic acids is 1. The van der Waals surface area contributed by atoms with Crippen molar-refractivity contribution in [2.45, 2.75) is 25.8 Å². The SMILES string of the molecule is CCC(CNC(=O)N(C)C1CCSC1)C(=O)O. The standard InChI is InChI=1S/C11H20N2O3S/c1-3-8(10(14)15)6-12-11(16)13(2)9-4-5-17-7-9/h8-9H,3-7H2,1-2H3,(H,12,16)(H,14,15). The zero-order valence-electron chi connectivity index (χ0n) is 10.3. The molecule has 1 heterocycles. The summed E-state index contributed by atoms with van der Waals surface area (Å²) in [5.41, 5.74) is 0. The van der Waals surface area contributed by atoms with E-state index in [9.17, 15) is 9.59 Å². The van der Waals surface area contributed by atoms with Crippen molar-refractivity contribution in [3.63, 3.8) is 0 Å². The van der Waals surface area contributed by atoms with Crippen LogP contribution in [-0.2, 0) is 4.79 Å². The maximum atomic E-state index is 11.8. The monoisotopic (exact) mass is 260 g/mol. The first kappa shape index (κ1) is 14.2. The predicted octanol–water partition coefficient (Wildman–Crippen LogP) is 1.24. The Kier molecular flexibility index (Phi) is 5.61. The first-order valence-corrected chi connectivity index (χ1v) is 7.03. The fourth-order valence-corrected chi connectivity index (χ4v) is 3.00. The molecule has 0 saturated carbocycles. The van der Waals surface area contributed by atoms with Crippen LogP contribution in [0.4, 0.5) is 4.79 Å². The Morgan fingerprint density at radius 3 is 2.76 bits per heavy atom. The molecule has 1 aliphatic heterocycles. The second kappa shape index (κ2) is 6.74. The number of hydrogen-bond acceptors (Lipinski definition) is 3. The minimum absolute atomic E-state index is 0.169. The quantitative estimate of drug-likeness (QED) is 0.780. The lowest BCUT2D eigenvalue weighted by Gasteiger charge is -2.24. The highest BCUT2D eigenvalue weighted by atomic mass is 32.2. The molecule has 17 heavy (non-hydrogen) atoms. The van der Waals surface area contributed by atoms with Crippen molar-refractivity contribution in [1.29, 1.82) is 0 Å². The highest BCUT2D eigenvalue weighted by molar-refractivity contribution is 7.99. The van der Waals surface area contributed by atoms with Gasteiger partial charge in [-0.05, 0) is 18.6 Å². The average molecular weight is 260 g/mol. The van der Waals surface area contributed by atoms with Crippen LogP contribution in [0, 0.1) is 5.92 Å². The topological polar surface area (TPSA) is 69.6 Å². The summed E-state index contributed by atoms with van der Waals surface area (Å²) in [6, 6.07) is 0.113. The zero-order valence-corrected chi connectivity index (χ0v) is 11.1. The molecular formula is C11H20N2O3S. The molecule has 0 aromatic rings. The number of carbonyl (C=O) groups is 2. The first-order chi connectivity index (χ1) is 8.06. The van der Waals surface area contributed by atoms with E-state index >= 15 is 0 Å². The van der Waals surface area contributed by atoms with Crippen molar-refractivity contribution in [3.8, 4) is 0 Å². The molecule has 0 aromatic carbocycles. The van der Waals surface area contributed by atoms with E-state index < -0.39 is 11.9 Å². The second-order valence-corrected chi connectivity index (χ2v) is 5.41. The van der Waals surface area contributed by atoms with Crippen LogP contribution in [0.2, 0.25) is 0 Å². The Labute approximate surface area is 106 Å². The number of nitrogens with one attached hydrogen (secondary N) is 1. The number of hydrogen-bond donors (Lipinski definition) is 2. The largest absolute Gasteiger partial charge is 0.481 e. The highest BCUT2D eigenvalue weighted by Gasteiger charge is 2.24. The van der Waals surface area contributed by atoms with Gasteiger partial charge in [-0.3, -0.25) is 4.79 Å². The summed E-state index contributed by atoms with van der Waals surface area (Å²) in [7, 11) is 1.77. The molecule has 1 rings (SSSR count). The molecule has 6 heteroatoms. The average Bonchev–Trinajstić information content (AvgIpc) is 2.81. The van der Waals surface area contributed by atoms with Gasteiger partial charge in [0.2, 0.25) is 0 Å². The highest BCUT2D eigenvalue weighted by Crippen LogP contribution is 2.21. The fourth-order valence-electron chi connectivity index (χ4n) is 1.73. The van der Waals surface area contributed by atoms with E-state index in [4.69, 9.17) is 5.11 Å². The summed E-state index contributed by atoms with van der Waals surface area (Å²) in [6.45, 7) is 2.01. The number of carboxylic acids is 1. The van der Waals surface area contributed by atoms with Crippen molar-refractivity contribution in [3.05, 3.63) is 0 Å². The predicted molar refractivity (Wildman–Crippen MR) is 68.3 cm³/mol. The van der Waals surface area contributed by atoms with Gasteiger partial charge in [-0.2, -0.15) is 11.8 Å². The third-order valence-corrected chi connectivity index (χ3v) is 4.26. The molecule has 0 spiro atoms. The van der Waals surface area contributed by atoms with E-state index in [1.54, 1.807) is 11.9 Å². The number of urea groups is 1. The third-order valence-electron chi connectivity index (χ3n) is 3.12. The van der Waals surface area contributed by atoms with Crippen LogP contribution in [0.1, 0.15) is 19.8 Å². The molecule has 5 nitrogen and oxygen atoms in total. The molecule has 0 aliphatic carbocycles. The van der Waals surface area contributed by atoms with Gasteiger partial charge >= 0.3 is 12.0 Å². The molecular weight excluding hydrogens is 240 g/mol. The third kappa shape index (κ3) is 4.11. The maximum absolute atomic E-state index is 11.8. The summed E-state index contributed by atoms with van der Waals surface area (Å²) in [4.78, 5) is 24.3. The van der Waals surface area contributed by atoms with Crippen LogP contribution in [0.15, 0.2) is 0 Å². The first-order valence-electron chi connectivity index (χ1n) is 5.87. The van der Waals surface area contributed by atoms with Gasteiger partial charge in [-0.25, -0.2) is 4.79 Å². The van der Waals surface area contributed by atoms with Gasteiger partial charge in [0, 0.05) is 25.4 Å². The Balaban J connectivity index is 2.35. The van der Waals surface area contributed by atoms with Gasteiger partial charge in [0.05, 0.1) is 5.92 Å². The Morgan fingerprint density at radius 2 is 2.29 bits per heavy atom. The van der Waals surface area contributed by atoms with Crippen LogP contribution >= 0.6 is 11.8 Å². The molecule has 0 aromatic heterocycles. The van der Waals surface area contributed by atoms with E-state index in [1.807, 2.05) is 18.7 Å². The Bertz CT molecular complexity index is 280. The van der Waals surface area contributed by atoms with E-state index in [-0.39, 0.29) is 18.6 Å². The van der Waals surface area contributed by atoms with Crippen LogP contribution in [0.3, 0.4) is 0 Å². The van der Waals surface area contributed by atoms with Crippen LogP contribution in [0.5, 0.6) is 0 Å². The zero-order chi connectivity index (χ0) is 12.8. The number of carboxylic acid groups (broad SMARTS) is 1. The lowest BCUT2D eigenvalue weighted by atomic mass is 10.1. The maximum Gasteiger partial charge on any atom is 0.317 e. The van der Waals surface area contributed by atoms with E-state index in [2.05, 4.69) is 5.32 Å². The minimum Gasteiger partial charge on any atom is -0.481 e. The van der Waals surface area contributed by atoms with Crippen molar-refractivity contribution >= 4 is 23.8 Å². The van der Waals surface area contributed by atoms with Gasteiger partial charge in [-0.15, -0.1) is 0 Å². The molecule has 2 amide bonds. The molecule has 2 N–H and O–H groups in total. The van der Waals surface area contributed by atoms with Gasteiger partial charge in [-0.1, -0.05) is 6.92 Å². The van der Waals surface area contributed by atoms with Crippen LogP contribution in [-0.4, -0.2) is 53.1 Å². The van der Waals surface area contributed by atoms with E-state index in [0.717, 1.165) is 17.9 Å². The summed E-state index contributed by atoms with van der Waals surface area (Å²) in [5.74, 6) is 0.715. The number of rotatable bonds is 5. The van der Waals surface area contributed by atoms with Crippen molar-refractivity contribution < 1.29 is 14.7 Å². The smallest absolute Gasteiger partial charge is 0.317 e. The molecule has 0 bridgehead atoms. The molecule has 1 aliphatic rings. The number of carbonyl (C=O) groups excluding carboxylic acids is 1. The molecule has 0 radical (unpaired) electrons. The number of amides is 2. The van der Waals surface area contributed by atoms with E-state index in [0.29, 0.717) is 6.42 Å². The molecule has 2 unspecified atom stereocenters. The van der Waals surface area contributed by atoms with Crippen molar-refractivity contribution in [1.82, 2.24) is 10.2 Å². The molecule has 2 atom stereocenters. The number of thioether (sulfide) groups is 1. The van der Waals surface area contributed by atoms with Gasteiger partial charge in [0.1, 0.15) is 0 Å². The summed E-state index contributed by atoms with van der Waals surface area (Å²) in [6.07, 6.45) is 1.54. The van der Waals surface area contributed by atoms with Gasteiger partial charge in [0.15, 0.2) is 0 Å². The summed E-state index contributed by atoms with van der Waals surface area (Å²) < 4.78 is 0. The molecule has 1 fully saturated rings. The molecule has 1 saturated heterocycles. The van der Waals surface area contributed by atoms with Crippen molar-refractivity contribution in [2.75, 3.05) is 25.1 Å². The summed E-state index contributed by atoms with van der Waals surface area (Å²) >= 11 is 1.85. The summed E-state index contributed by atoms with van der Waals surface area (Å²) in [5, 5.41) is 11.6. The van der Waals surface area contributed by atoms with Crippen LogP contribution < -0.4 is 5.32 Å². The van der Waals surface area contributed by atoms with E-state index in [1.165, 1.54) is 0 Å². The Morgan fingerprint density at radius 1 is 1.59 bits per heavy atom. The lowest BCUT2D eigenvalue weighted by molar-refractivity contribution is -0.141.